The summed E-state index contributed by atoms with van der Waals surface area (Å²) in [4.78, 5) is 15.1. The molecule has 1 aromatic carbocycles. The van der Waals surface area contributed by atoms with Crippen LogP contribution in [0.4, 0.5) is 0 Å². The SMILES string of the molecule is Cc1[nH]c2ccc(C(=O)OC(C)C)cc2c1C. The number of carbonyl (C=O) groups excluding carboxylic acids is 1. The Kier molecular flexibility index (Phi) is 2.92. The molecule has 0 fully saturated rings. The van der Waals surface area contributed by atoms with Crippen molar-refractivity contribution in [2.45, 2.75) is 33.8 Å². The van der Waals surface area contributed by atoms with Crippen LogP contribution in [0.25, 0.3) is 10.9 Å². The topological polar surface area (TPSA) is 42.1 Å². The summed E-state index contributed by atoms with van der Waals surface area (Å²) in [6.45, 7) is 7.78. The van der Waals surface area contributed by atoms with Gasteiger partial charge in [0.25, 0.3) is 0 Å². The number of carbonyl (C=O) groups is 1. The summed E-state index contributed by atoms with van der Waals surface area (Å²) in [5.41, 5.74) is 3.97. The zero-order chi connectivity index (χ0) is 12.6. The molecule has 3 nitrogen and oxygen atoms in total. The van der Waals surface area contributed by atoms with Crippen molar-refractivity contribution in [3.63, 3.8) is 0 Å². The Hall–Kier alpha value is -1.77. The lowest BCUT2D eigenvalue weighted by Gasteiger charge is -2.07. The van der Waals surface area contributed by atoms with Crippen LogP contribution >= 0.6 is 0 Å². The van der Waals surface area contributed by atoms with E-state index in [2.05, 4.69) is 4.98 Å². The standard InChI is InChI=1S/C14H17NO2/c1-8(2)17-14(16)11-5-6-13-12(7-11)9(3)10(4)15-13/h5-8,15H,1-4H3. The molecular formula is C14H17NO2. The number of H-pyrrole nitrogens is 1. The number of aromatic amines is 1. The molecule has 0 radical (unpaired) electrons. The van der Waals surface area contributed by atoms with Crippen LogP contribution in [0.2, 0.25) is 0 Å². The number of aromatic nitrogens is 1. The summed E-state index contributed by atoms with van der Waals surface area (Å²) in [6, 6.07) is 5.60. The van der Waals surface area contributed by atoms with Crippen LogP contribution in [-0.4, -0.2) is 17.1 Å². The first-order chi connectivity index (χ1) is 7.99. The molecule has 2 rings (SSSR count). The average Bonchev–Trinajstić information content (AvgIpc) is 2.54. The van der Waals surface area contributed by atoms with Crippen molar-refractivity contribution in [1.29, 1.82) is 0 Å². The Morgan fingerprint density at radius 2 is 2.00 bits per heavy atom. The number of esters is 1. The summed E-state index contributed by atoms with van der Waals surface area (Å²) in [7, 11) is 0. The highest BCUT2D eigenvalue weighted by atomic mass is 16.5. The number of ether oxygens (including phenoxy) is 1. The first-order valence-corrected chi connectivity index (χ1v) is 5.79. The molecule has 2 aromatic rings. The molecule has 0 saturated carbocycles. The van der Waals surface area contributed by atoms with Gasteiger partial charge in [0.2, 0.25) is 0 Å². The molecule has 0 atom stereocenters. The number of rotatable bonds is 2. The fourth-order valence-electron chi connectivity index (χ4n) is 1.87. The Balaban J connectivity index is 2.43. The van der Waals surface area contributed by atoms with Crippen LogP contribution in [0.3, 0.4) is 0 Å². The lowest BCUT2D eigenvalue weighted by molar-refractivity contribution is 0.0378. The van der Waals surface area contributed by atoms with Crippen molar-refractivity contribution in [3.8, 4) is 0 Å². The van der Waals surface area contributed by atoms with Crippen LogP contribution in [0.15, 0.2) is 18.2 Å². The largest absolute Gasteiger partial charge is 0.459 e. The minimum absolute atomic E-state index is 0.0905. The molecule has 3 heteroatoms. The number of benzene rings is 1. The highest BCUT2D eigenvalue weighted by molar-refractivity contribution is 5.96. The summed E-state index contributed by atoms with van der Waals surface area (Å²) >= 11 is 0. The second-order valence-electron chi connectivity index (χ2n) is 4.59. The zero-order valence-corrected chi connectivity index (χ0v) is 10.6. The molecule has 17 heavy (non-hydrogen) atoms. The van der Waals surface area contributed by atoms with Gasteiger partial charge in [-0.25, -0.2) is 4.79 Å². The first-order valence-electron chi connectivity index (χ1n) is 5.79. The van der Waals surface area contributed by atoms with Crippen molar-refractivity contribution >= 4 is 16.9 Å². The molecule has 90 valence electrons. The third-order valence-corrected chi connectivity index (χ3v) is 2.89. The van der Waals surface area contributed by atoms with E-state index in [4.69, 9.17) is 4.74 Å². The molecule has 0 aliphatic heterocycles. The Morgan fingerprint density at radius 3 is 2.65 bits per heavy atom. The van der Waals surface area contributed by atoms with E-state index < -0.39 is 0 Å². The normalized spacial score (nSPS) is 11.1. The van der Waals surface area contributed by atoms with Gasteiger partial charge in [-0.3, -0.25) is 0 Å². The highest BCUT2D eigenvalue weighted by Gasteiger charge is 2.11. The molecule has 0 saturated heterocycles. The maximum Gasteiger partial charge on any atom is 0.338 e. The first kappa shape index (κ1) is 11.7. The van der Waals surface area contributed by atoms with E-state index in [1.54, 1.807) is 6.07 Å². The molecule has 0 spiro atoms. The van der Waals surface area contributed by atoms with Crippen LogP contribution in [0.1, 0.15) is 35.5 Å². The third-order valence-electron chi connectivity index (χ3n) is 2.89. The smallest absolute Gasteiger partial charge is 0.338 e. The molecule has 0 unspecified atom stereocenters. The van der Waals surface area contributed by atoms with Crippen LogP contribution in [0.5, 0.6) is 0 Å². The number of fused-ring (bicyclic) bond motifs is 1. The molecule has 0 aliphatic rings. The van der Waals surface area contributed by atoms with E-state index in [9.17, 15) is 4.79 Å². The van der Waals surface area contributed by atoms with Gasteiger partial charge in [0, 0.05) is 16.6 Å². The fraction of sp³-hybridized carbons (Fsp3) is 0.357. The van der Waals surface area contributed by atoms with Gasteiger partial charge in [0.1, 0.15) is 0 Å². The molecule has 1 heterocycles. The van der Waals surface area contributed by atoms with E-state index in [-0.39, 0.29) is 12.1 Å². The molecule has 0 amide bonds. The monoisotopic (exact) mass is 231 g/mol. The lowest BCUT2D eigenvalue weighted by Crippen LogP contribution is -2.11. The number of hydrogen-bond donors (Lipinski definition) is 1. The lowest BCUT2D eigenvalue weighted by atomic mass is 10.1. The van der Waals surface area contributed by atoms with E-state index in [0.717, 1.165) is 16.6 Å². The Labute approximate surface area is 101 Å². The van der Waals surface area contributed by atoms with Crippen molar-refractivity contribution in [2.24, 2.45) is 0 Å². The van der Waals surface area contributed by atoms with E-state index in [1.807, 2.05) is 39.8 Å². The van der Waals surface area contributed by atoms with Crippen molar-refractivity contribution in [2.75, 3.05) is 0 Å². The predicted octanol–water partition coefficient (Wildman–Crippen LogP) is 3.35. The maximum atomic E-state index is 11.8. The minimum atomic E-state index is -0.264. The van der Waals surface area contributed by atoms with Gasteiger partial charge in [-0.2, -0.15) is 0 Å². The molecule has 0 bridgehead atoms. The van der Waals surface area contributed by atoms with Crippen LogP contribution < -0.4 is 0 Å². The molecular weight excluding hydrogens is 214 g/mol. The van der Waals surface area contributed by atoms with Gasteiger partial charge in [-0.15, -0.1) is 0 Å². The second-order valence-corrected chi connectivity index (χ2v) is 4.59. The van der Waals surface area contributed by atoms with Crippen molar-refractivity contribution in [3.05, 3.63) is 35.0 Å². The van der Waals surface area contributed by atoms with Gasteiger partial charge in [-0.1, -0.05) is 0 Å². The Morgan fingerprint density at radius 1 is 1.29 bits per heavy atom. The summed E-state index contributed by atoms with van der Waals surface area (Å²) in [5, 5.41) is 1.08. The van der Waals surface area contributed by atoms with E-state index >= 15 is 0 Å². The van der Waals surface area contributed by atoms with Crippen LogP contribution in [-0.2, 0) is 4.74 Å². The zero-order valence-electron chi connectivity index (χ0n) is 10.6. The van der Waals surface area contributed by atoms with E-state index in [0.29, 0.717) is 5.56 Å². The quantitative estimate of drug-likeness (QED) is 0.805. The average molecular weight is 231 g/mol. The number of nitrogens with one attached hydrogen (secondary N) is 1. The maximum absolute atomic E-state index is 11.8. The predicted molar refractivity (Wildman–Crippen MR) is 68.3 cm³/mol. The van der Waals surface area contributed by atoms with Gasteiger partial charge < -0.3 is 9.72 Å². The Bertz CT molecular complexity index is 567. The molecule has 0 aliphatic carbocycles. The van der Waals surface area contributed by atoms with Crippen LogP contribution in [0, 0.1) is 13.8 Å². The van der Waals surface area contributed by atoms with E-state index in [1.165, 1.54) is 5.56 Å². The van der Waals surface area contributed by atoms with Crippen molar-refractivity contribution in [1.82, 2.24) is 4.98 Å². The summed E-state index contributed by atoms with van der Waals surface area (Å²) in [6.07, 6.45) is -0.0905. The second kappa shape index (κ2) is 4.24. The van der Waals surface area contributed by atoms with Gasteiger partial charge in [-0.05, 0) is 51.5 Å². The van der Waals surface area contributed by atoms with Gasteiger partial charge in [0.05, 0.1) is 11.7 Å². The summed E-state index contributed by atoms with van der Waals surface area (Å²) < 4.78 is 5.18. The van der Waals surface area contributed by atoms with Gasteiger partial charge >= 0.3 is 5.97 Å². The highest BCUT2D eigenvalue weighted by Crippen LogP contribution is 2.22. The molecule has 1 N–H and O–H groups in total. The molecule has 1 aromatic heterocycles. The van der Waals surface area contributed by atoms with Crippen molar-refractivity contribution < 1.29 is 9.53 Å². The third kappa shape index (κ3) is 2.18. The van der Waals surface area contributed by atoms with Gasteiger partial charge in [0.15, 0.2) is 0 Å². The summed E-state index contributed by atoms with van der Waals surface area (Å²) in [5.74, 6) is -0.264. The number of hydrogen-bond acceptors (Lipinski definition) is 2. The fourth-order valence-corrected chi connectivity index (χ4v) is 1.87. The number of aryl methyl sites for hydroxylation is 2. The minimum Gasteiger partial charge on any atom is -0.459 e.